The third-order valence-electron chi connectivity index (χ3n) is 4.19. The van der Waals surface area contributed by atoms with Crippen molar-refractivity contribution < 1.29 is 10.2 Å². The van der Waals surface area contributed by atoms with Crippen molar-refractivity contribution in [2.75, 3.05) is 32.8 Å². The van der Waals surface area contributed by atoms with Crippen molar-refractivity contribution in [1.29, 1.82) is 0 Å². The van der Waals surface area contributed by atoms with Gasteiger partial charge in [-0.2, -0.15) is 0 Å². The Bertz CT molecular complexity index is 202. The Morgan fingerprint density at radius 1 is 1.20 bits per heavy atom. The smallest absolute Gasteiger partial charge is 0.0499 e. The first kappa shape index (κ1) is 11.4. The zero-order chi connectivity index (χ0) is 10.7. The molecule has 2 aliphatic rings. The Labute approximate surface area is 92.1 Å². The number of hydrogen-bond acceptors (Lipinski definition) is 3. The van der Waals surface area contributed by atoms with E-state index >= 15 is 0 Å². The van der Waals surface area contributed by atoms with Crippen LogP contribution in [-0.2, 0) is 0 Å². The van der Waals surface area contributed by atoms with Crippen LogP contribution in [0.4, 0.5) is 0 Å². The predicted octanol–water partition coefficient (Wildman–Crippen LogP) is 0.853. The van der Waals surface area contributed by atoms with Gasteiger partial charge in [-0.15, -0.1) is 0 Å². The van der Waals surface area contributed by atoms with Gasteiger partial charge in [0.05, 0.1) is 0 Å². The highest BCUT2D eigenvalue weighted by Crippen LogP contribution is 2.39. The molecule has 0 aromatic heterocycles. The fraction of sp³-hybridized carbons (Fsp3) is 1.00. The molecule has 1 saturated carbocycles. The topological polar surface area (TPSA) is 43.7 Å². The van der Waals surface area contributed by atoms with Gasteiger partial charge in [0.25, 0.3) is 0 Å². The van der Waals surface area contributed by atoms with E-state index in [1.165, 1.54) is 25.7 Å². The molecule has 0 radical (unpaired) electrons. The molecule has 1 heterocycles. The minimum absolute atomic E-state index is 0.185. The van der Waals surface area contributed by atoms with Crippen LogP contribution in [0.5, 0.6) is 0 Å². The van der Waals surface area contributed by atoms with Crippen LogP contribution in [0.2, 0.25) is 0 Å². The summed E-state index contributed by atoms with van der Waals surface area (Å²) in [6.45, 7) is 3.83. The summed E-state index contributed by atoms with van der Waals surface area (Å²) in [4.78, 5) is 2.43. The predicted molar refractivity (Wildman–Crippen MR) is 59.6 cm³/mol. The third kappa shape index (κ3) is 2.52. The molecule has 1 aliphatic carbocycles. The van der Waals surface area contributed by atoms with Crippen LogP contribution in [0.3, 0.4) is 0 Å². The summed E-state index contributed by atoms with van der Waals surface area (Å²) < 4.78 is 0. The lowest BCUT2D eigenvalue weighted by Crippen LogP contribution is -2.37. The maximum Gasteiger partial charge on any atom is 0.0499 e. The van der Waals surface area contributed by atoms with Crippen LogP contribution >= 0.6 is 0 Å². The van der Waals surface area contributed by atoms with Gasteiger partial charge in [-0.3, -0.25) is 0 Å². The number of rotatable bonds is 4. The molecule has 0 bridgehead atoms. The lowest BCUT2D eigenvalue weighted by atomic mass is 9.86. The van der Waals surface area contributed by atoms with E-state index in [2.05, 4.69) is 4.90 Å². The van der Waals surface area contributed by atoms with E-state index in [0.717, 1.165) is 26.1 Å². The molecule has 88 valence electrons. The highest BCUT2D eigenvalue weighted by atomic mass is 16.3. The van der Waals surface area contributed by atoms with Crippen molar-refractivity contribution >= 4 is 0 Å². The van der Waals surface area contributed by atoms with Crippen LogP contribution in [-0.4, -0.2) is 48.0 Å². The summed E-state index contributed by atoms with van der Waals surface area (Å²) in [5, 5.41) is 18.6. The maximum atomic E-state index is 9.52. The zero-order valence-electron chi connectivity index (χ0n) is 9.49. The van der Waals surface area contributed by atoms with E-state index in [9.17, 15) is 5.11 Å². The van der Waals surface area contributed by atoms with Gasteiger partial charge in [0.15, 0.2) is 0 Å². The number of likely N-dealkylation sites (tertiary alicyclic amines) is 1. The van der Waals surface area contributed by atoms with Crippen molar-refractivity contribution in [2.24, 2.45) is 11.3 Å². The first-order valence-electron chi connectivity index (χ1n) is 6.22. The van der Waals surface area contributed by atoms with Gasteiger partial charge in [0, 0.05) is 31.7 Å². The van der Waals surface area contributed by atoms with E-state index in [4.69, 9.17) is 5.11 Å². The molecule has 2 rings (SSSR count). The number of nitrogens with zero attached hydrogens (tertiary/aromatic N) is 1. The van der Waals surface area contributed by atoms with Gasteiger partial charge >= 0.3 is 0 Å². The second-order valence-corrected chi connectivity index (χ2v) is 5.44. The van der Waals surface area contributed by atoms with E-state index in [0.29, 0.717) is 19.1 Å². The molecule has 1 unspecified atom stereocenters. The SMILES string of the molecule is OCC1CCN(CC2(CO)CCCC2)C1. The molecule has 0 spiro atoms. The second-order valence-electron chi connectivity index (χ2n) is 5.44. The van der Waals surface area contributed by atoms with Gasteiger partial charge in [-0.25, -0.2) is 0 Å². The molecule has 1 saturated heterocycles. The minimum atomic E-state index is 0.185. The normalized spacial score (nSPS) is 31.2. The molecule has 2 N–H and O–H groups in total. The van der Waals surface area contributed by atoms with E-state index in [1.54, 1.807) is 0 Å². The lowest BCUT2D eigenvalue weighted by Gasteiger charge is -2.31. The summed E-state index contributed by atoms with van der Waals surface area (Å²) in [6.07, 6.45) is 6.04. The minimum Gasteiger partial charge on any atom is -0.396 e. The maximum absolute atomic E-state index is 9.52. The molecule has 1 atom stereocenters. The third-order valence-corrected chi connectivity index (χ3v) is 4.19. The average molecular weight is 213 g/mol. The monoisotopic (exact) mass is 213 g/mol. The molecule has 0 aromatic carbocycles. The molecule has 0 aromatic rings. The summed E-state index contributed by atoms with van der Waals surface area (Å²) in [5.41, 5.74) is 0.185. The summed E-state index contributed by atoms with van der Waals surface area (Å²) in [7, 11) is 0. The van der Waals surface area contributed by atoms with E-state index < -0.39 is 0 Å². The Hall–Kier alpha value is -0.120. The molecule has 3 nitrogen and oxygen atoms in total. The van der Waals surface area contributed by atoms with Crippen LogP contribution in [0.1, 0.15) is 32.1 Å². The Morgan fingerprint density at radius 2 is 1.93 bits per heavy atom. The highest BCUT2D eigenvalue weighted by molar-refractivity contribution is 4.89. The zero-order valence-corrected chi connectivity index (χ0v) is 9.49. The van der Waals surface area contributed by atoms with Gasteiger partial charge in [0.1, 0.15) is 0 Å². The van der Waals surface area contributed by atoms with Gasteiger partial charge in [-0.05, 0) is 31.7 Å². The first-order chi connectivity index (χ1) is 7.28. The molecule has 1 aliphatic heterocycles. The van der Waals surface area contributed by atoms with Crippen molar-refractivity contribution in [3.8, 4) is 0 Å². The second kappa shape index (κ2) is 4.81. The Balaban J connectivity index is 1.85. The summed E-state index contributed by atoms with van der Waals surface area (Å²) >= 11 is 0. The average Bonchev–Trinajstić information content (AvgIpc) is 2.88. The quantitative estimate of drug-likeness (QED) is 0.728. The first-order valence-corrected chi connectivity index (χ1v) is 6.22. The largest absolute Gasteiger partial charge is 0.396 e. The van der Waals surface area contributed by atoms with Crippen LogP contribution in [0, 0.1) is 11.3 Å². The van der Waals surface area contributed by atoms with Crippen LogP contribution in [0.15, 0.2) is 0 Å². The lowest BCUT2D eigenvalue weighted by molar-refractivity contribution is 0.0851. The fourth-order valence-corrected chi connectivity index (χ4v) is 3.17. The molecule has 15 heavy (non-hydrogen) atoms. The van der Waals surface area contributed by atoms with Crippen molar-refractivity contribution in [3.05, 3.63) is 0 Å². The van der Waals surface area contributed by atoms with Crippen molar-refractivity contribution in [2.45, 2.75) is 32.1 Å². The standard InChI is InChI=1S/C12H23NO2/c14-8-11-3-6-13(7-11)9-12(10-15)4-1-2-5-12/h11,14-15H,1-10H2. The van der Waals surface area contributed by atoms with Crippen molar-refractivity contribution in [3.63, 3.8) is 0 Å². The van der Waals surface area contributed by atoms with Gasteiger partial charge in [0.2, 0.25) is 0 Å². The Morgan fingerprint density at radius 3 is 2.47 bits per heavy atom. The molecule has 2 fully saturated rings. The fourth-order valence-electron chi connectivity index (χ4n) is 3.17. The Kier molecular flexibility index (Phi) is 3.65. The molecular weight excluding hydrogens is 190 g/mol. The van der Waals surface area contributed by atoms with Crippen LogP contribution < -0.4 is 0 Å². The van der Waals surface area contributed by atoms with E-state index in [1.807, 2.05) is 0 Å². The van der Waals surface area contributed by atoms with Gasteiger partial charge < -0.3 is 15.1 Å². The number of aliphatic hydroxyl groups is 2. The molecular formula is C12H23NO2. The highest BCUT2D eigenvalue weighted by Gasteiger charge is 2.36. The van der Waals surface area contributed by atoms with Crippen LogP contribution in [0.25, 0.3) is 0 Å². The van der Waals surface area contributed by atoms with Crippen molar-refractivity contribution in [1.82, 2.24) is 4.90 Å². The summed E-state index contributed by atoms with van der Waals surface area (Å²) in [5.74, 6) is 0.474. The molecule has 3 heteroatoms. The molecule has 0 amide bonds. The number of hydrogen-bond donors (Lipinski definition) is 2. The van der Waals surface area contributed by atoms with E-state index in [-0.39, 0.29) is 5.41 Å². The van der Waals surface area contributed by atoms with Gasteiger partial charge in [-0.1, -0.05) is 12.8 Å². The number of aliphatic hydroxyl groups excluding tert-OH is 2. The summed E-state index contributed by atoms with van der Waals surface area (Å²) in [6, 6.07) is 0.